The molecule has 27 heavy (non-hydrogen) atoms. The maximum absolute atomic E-state index is 11.6. The average molecular weight is 376 g/mol. The molecule has 1 aromatic carbocycles. The Bertz CT molecular complexity index is 786. The molecule has 0 aliphatic carbocycles. The highest BCUT2D eigenvalue weighted by atomic mass is 16.6. The first-order valence-electron chi connectivity index (χ1n) is 8.08. The molecule has 0 saturated heterocycles. The van der Waals surface area contributed by atoms with E-state index in [4.69, 9.17) is 10.5 Å². The highest BCUT2D eigenvalue weighted by molar-refractivity contribution is 5.67. The van der Waals surface area contributed by atoms with Gasteiger partial charge in [0, 0.05) is 18.3 Å². The number of pyridine rings is 1. The number of nitrogens with two attached hydrogens (primary N) is 1. The number of alkyl carbamates (subject to hydrolysis) is 1. The van der Waals surface area contributed by atoms with Crippen molar-refractivity contribution >= 4 is 17.5 Å². The van der Waals surface area contributed by atoms with Crippen molar-refractivity contribution in [3.8, 4) is 0 Å². The lowest BCUT2D eigenvalue weighted by atomic mass is 10.0. The Morgan fingerprint density at radius 3 is 2.67 bits per heavy atom. The number of carbonyl (C=O) groups excluding carboxylic acids is 1. The molecule has 10 nitrogen and oxygen atoms in total. The first-order chi connectivity index (χ1) is 12.9. The van der Waals surface area contributed by atoms with E-state index < -0.39 is 28.9 Å². The van der Waals surface area contributed by atoms with Gasteiger partial charge in [0.05, 0.1) is 11.0 Å². The third-order valence-corrected chi connectivity index (χ3v) is 3.80. The van der Waals surface area contributed by atoms with Crippen LogP contribution in [0.2, 0.25) is 0 Å². The Morgan fingerprint density at radius 1 is 1.30 bits per heavy atom. The molecule has 2 atom stereocenters. The van der Waals surface area contributed by atoms with E-state index in [0.717, 1.165) is 18.0 Å². The van der Waals surface area contributed by atoms with Crippen molar-refractivity contribution in [1.29, 1.82) is 0 Å². The number of ether oxygens (including phenoxy) is 1. The van der Waals surface area contributed by atoms with E-state index >= 15 is 0 Å². The largest absolute Gasteiger partial charge is 0.445 e. The number of aliphatic hydroxyl groups is 2. The molecule has 0 spiro atoms. The maximum atomic E-state index is 11.6. The lowest BCUT2D eigenvalue weighted by Gasteiger charge is -2.19. The molecule has 2 rings (SSSR count). The summed E-state index contributed by atoms with van der Waals surface area (Å²) in [5.74, 6) is 0. The fraction of sp³-hybridized carbons (Fsp3) is 0.294. The molecule has 0 saturated carbocycles. The van der Waals surface area contributed by atoms with Crippen molar-refractivity contribution in [2.75, 3.05) is 12.3 Å². The summed E-state index contributed by atoms with van der Waals surface area (Å²) in [4.78, 5) is 25.4. The number of nitro groups is 1. The number of amides is 1. The zero-order chi connectivity index (χ0) is 19.8. The van der Waals surface area contributed by atoms with Crippen molar-refractivity contribution in [3.63, 3.8) is 0 Å². The van der Waals surface area contributed by atoms with E-state index in [0.29, 0.717) is 0 Å². The number of nitrogens with one attached hydrogen (secondary N) is 1. The lowest BCUT2D eigenvalue weighted by molar-refractivity contribution is -0.384. The summed E-state index contributed by atoms with van der Waals surface area (Å²) in [5, 5.41) is 33.5. The third kappa shape index (κ3) is 5.62. The van der Waals surface area contributed by atoms with Crippen molar-refractivity contribution in [2.24, 2.45) is 0 Å². The zero-order valence-electron chi connectivity index (χ0n) is 14.3. The van der Waals surface area contributed by atoms with Crippen LogP contribution < -0.4 is 11.1 Å². The third-order valence-electron chi connectivity index (χ3n) is 3.80. The number of hydrogen-bond acceptors (Lipinski definition) is 8. The highest BCUT2D eigenvalue weighted by Gasteiger charge is 2.25. The molecule has 5 N–H and O–H groups in total. The minimum absolute atomic E-state index is 0.0219. The van der Waals surface area contributed by atoms with Crippen molar-refractivity contribution in [1.82, 2.24) is 10.3 Å². The topological polar surface area (TPSA) is 161 Å². The fourth-order valence-corrected chi connectivity index (χ4v) is 2.32. The van der Waals surface area contributed by atoms with Crippen LogP contribution in [0.1, 0.15) is 23.7 Å². The van der Waals surface area contributed by atoms with Crippen molar-refractivity contribution in [2.45, 2.75) is 25.2 Å². The second kappa shape index (κ2) is 9.46. The Kier molecular flexibility index (Phi) is 7.03. The van der Waals surface area contributed by atoms with Gasteiger partial charge in [-0.1, -0.05) is 30.3 Å². The summed E-state index contributed by atoms with van der Waals surface area (Å²) in [7, 11) is 0. The van der Waals surface area contributed by atoms with E-state index in [1.54, 1.807) is 0 Å². The van der Waals surface area contributed by atoms with Gasteiger partial charge >= 0.3 is 11.8 Å². The highest BCUT2D eigenvalue weighted by Crippen LogP contribution is 2.30. The second-order valence-corrected chi connectivity index (χ2v) is 5.71. The molecule has 0 fully saturated rings. The molecule has 2 unspecified atom stereocenters. The summed E-state index contributed by atoms with van der Waals surface area (Å²) in [5.41, 5.74) is 5.71. The van der Waals surface area contributed by atoms with Crippen LogP contribution in [-0.2, 0) is 11.3 Å². The van der Waals surface area contributed by atoms with Gasteiger partial charge in [-0.15, -0.1) is 0 Å². The molecular formula is C17H20N4O6. The molecule has 1 aromatic heterocycles. The Hall–Kier alpha value is -3.24. The van der Waals surface area contributed by atoms with Gasteiger partial charge < -0.3 is 26.0 Å². The van der Waals surface area contributed by atoms with Crippen molar-refractivity contribution in [3.05, 3.63) is 64.0 Å². The number of aromatic nitrogens is 1. The van der Waals surface area contributed by atoms with Gasteiger partial charge in [-0.25, -0.2) is 4.79 Å². The van der Waals surface area contributed by atoms with Gasteiger partial charge in [0.2, 0.25) is 0 Å². The number of nitrogens with zero attached hydrogens (tertiary/aromatic N) is 2. The smallest absolute Gasteiger partial charge is 0.407 e. The minimum Gasteiger partial charge on any atom is -0.445 e. The first-order valence-corrected chi connectivity index (χ1v) is 8.08. The van der Waals surface area contributed by atoms with E-state index in [-0.39, 0.29) is 30.8 Å². The van der Waals surface area contributed by atoms with Crippen LogP contribution in [0, 0.1) is 10.1 Å². The van der Waals surface area contributed by atoms with Gasteiger partial charge in [0.15, 0.2) is 0 Å². The number of nitrogen functional groups attached to an aromatic ring is 1. The quantitative estimate of drug-likeness (QED) is 0.396. The normalized spacial score (nSPS) is 12.8. The Labute approximate surface area is 154 Å². The average Bonchev–Trinajstić information content (AvgIpc) is 2.66. The molecule has 2 aromatic rings. The molecule has 0 radical (unpaired) electrons. The number of hydrogen-bond donors (Lipinski definition) is 4. The molecule has 144 valence electrons. The van der Waals surface area contributed by atoms with Crippen LogP contribution in [-0.4, -0.2) is 38.9 Å². The molecule has 0 bridgehead atoms. The van der Waals surface area contributed by atoms with Crippen LogP contribution in [0.15, 0.2) is 42.7 Å². The summed E-state index contributed by atoms with van der Waals surface area (Å²) < 4.78 is 5.02. The van der Waals surface area contributed by atoms with Crippen LogP contribution in [0.4, 0.5) is 16.2 Å². The summed E-state index contributed by atoms with van der Waals surface area (Å²) in [6, 6.07) is 9.11. The number of carbonyl (C=O) groups is 1. The molecule has 0 aliphatic rings. The van der Waals surface area contributed by atoms with Gasteiger partial charge in [-0.3, -0.25) is 15.1 Å². The molecular weight excluding hydrogens is 356 g/mol. The van der Waals surface area contributed by atoms with E-state index in [2.05, 4.69) is 10.3 Å². The monoisotopic (exact) mass is 376 g/mol. The number of aliphatic hydroxyl groups excluding tert-OH is 2. The van der Waals surface area contributed by atoms with Crippen molar-refractivity contribution < 1.29 is 24.7 Å². The molecule has 0 aliphatic heterocycles. The summed E-state index contributed by atoms with van der Waals surface area (Å²) in [6.45, 7) is 0.127. The van der Waals surface area contributed by atoms with Crippen LogP contribution in [0.3, 0.4) is 0 Å². The van der Waals surface area contributed by atoms with E-state index in [1.807, 2.05) is 30.3 Å². The summed E-state index contributed by atoms with van der Waals surface area (Å²) in [6.07, 6.45) is -1.38. The van der Waals surface area contributed by atoms with E-state index in [9.17, 15) is 25.1 Å². The molecule has 10 heteroatoms. The Balaban J connectivity index is 1.81. The lowest BCUT2D eigenvalue weighted by Crippen LogP contribution is -2.30. The summed E-state index contributed by atoms with van der Waals surface area (Å²) >= 11 is 0. The molecule has 1 amide bonds. The SMILES string of the molecule is Nc1c(C(O)C(O)CCNC(=O)OCc2ccccc2)cncc1[N+](=O)[O-]. The zero-order valence-corrected chi connectivity index (χ0v) is 14.3. The number of benzene rings is 1. The predicted octanol–water partition coefficient (Wildman–Crippen LogP) is 1.28. The second-order valence-electron chi connectivity index (χ2n) is 5.71. The van der Waals surface area contributed by atoms with Crippen LogP contribution in [0.25, 0.3) is 0 Å². The number of rotatable bonds is 8. The number of anilines is 1. The maximum Gasteiger partial charge on any atom is 0.407 e. The Morgan fingerprint density at radius 2 is 2.00 bits per heavy atom. The standard InChI is InChI=1S/C17H20N4O6/c18-15-12(8-19-9-13(15)21(25)26)16(23)14(22)6-7-20-17(24)27-10-11-4-2-1-3-5-11/h1-5,8-9,14,16,22-23H,6-7,10H2,(H2,18,19)(H,20,24). The first kappa shape index (κ1) is 20.1. The van der Waals surface area contributed by atoms with Gasteiger partial charge in [-0.05, 0) is 12.0 Å². The predicted molar refractivity (Wildman–Crippen MR) is 95.5 cm³/mol. The minimum atomic E-state index is -1.49. The van der Waals surface area contributed by atoms with Gasteiger partial charge in [0.25, 0.3) is 0 Å². The van der Waals surface area contributed by atoms with Crippen LogP contribution >= 0.6 is 0 Å². The van der Waals surface area contributed by atoms with Crippen LogP contribution in [0.5, 0.6) is 0 Å². The molecule has 1 heterocycles. The fourth-order valence-electron chi connectivity index (χ4n) is 2.32. The van der Waals surface area contributed by atoms with E-state index in [1.165, 1.54) is 0 Å². The van der Waals surface area contributed by atoms with Gasteiger partial charge in [0.1, 0.15) is 24.6 Å². The van der Waals surface area contributed by atoms with Gasteiger partial charge in [-0.2, -0.15) is 0 Å².